The Labute approximate surface area is 236 Å². The van der Waals surface area contributed by atoms with Gasteiger partial charge in [-0.05, 0) is 115 Å². The first-order valence-electron chi connectivity index (χ1n) is 14.4. The number of aliphatic hydroxyl groups excluding tert-OH is 2. The fourth-order valence-electron chi connectivity index (χ4n) is 9.77. The molecule has 0 amide bonds. The Morgan fingerprint density at radius 2 is 1.66 bits per heavy atom. The second-order valence-corrected chi connectivity index (χ2v) is 14.7. The van der Waals surface area contributed by atoms with E-state index in [1.54, 1.807) is 0 Å². The van der Waals surface area contributed by atoms with Gasteiger partial charge >= 0.3 is 11.9 Å². The van der Waals surface area contributed by atoms with Crippen molar-refractivity contribution in [3.05, 3.63) is 21.2 Å². The van der Waals surface area contributed by atoms with E-state index in [-0.39, 0.29) is 40.1 Å². The summed E-state index contributed by atoms with van der Waals surface area (Å²) < 4.78 is 6.87. The van der Waals surface area contributed by atoms with Gasteiger partial charge in [-0.25, -0.2) is 4.79 Å². The maximum atomic E-state index is 12.7. The maximum Gasteiger partial charge on any atom is 0.331 e. The van der Waals surface area contributed by atoms with Crippen molar-refractivity contribution in [2.45, 2.75) is 118 Å². The molecule has 0 bridgehead atoms. The monoisotopic (exact) mass is 594 g/mol. The Morgan fingerprint density at radius 1 is 1.00 bits per heavy atom. The Bertz CT molecular complexity index is 1040. The largest absolute Gasteiger partial charge is 0.478 e. The molecule has 38 heavy (non-hydrogen) atoms. The van der Waals surface area contributed by atoms with Crippen molar-refractivity contribution in [2.75, 3.05) is 0 Å². The van der Waals surface area contributed by atoms with Crippen molar-refractivity contribution in [3.63, 3.8) is 0 Å². The molecule has 0 aliphatic heterocycles. The van der Waals surface area contributed by atoms with Gasteiger partial charge in [0, 0.05) is 12.5 Å². The molecule has 0 aromatic carbocycles. The van der Waals surface area contributed by atoms with Gasteiger partial charge in [0.1, 0.15) is 6.10 Å². The fourth-order valence-corrected chi connectivity index (χ4v) is 9.97. The van der Waals surface area contributed by atoms with Crippen LogP contribution in [0.2, 0.25) is 0 Å². The van der Waals surface area contributed by atoms with Crippen molar-refractivity contribution in [1.29, 1.82) is 0 Å². The first-order valence-corrected chi connectivity index (χ1v) is 15.2. The first kappa shape index (κ1) is 29.8. The van der Waals surface area contributed by atoms with Gasteiger partial charge in [-0.1, -0.05) is 49.2 Å². The third kappa shape index (κ3) is 4.52. The molecule has 3 N–H and O–H groups in total. The lowest BCUT2D eigenvalue weighted by Crippen LogP contribution is -2.65. The lowest BCUT2D eigenvalue weighted by Gasteiger charge is -2.69. The quantitative estimate of drug-likeness (QED) is 0.252. The van der Waals surface area contributed by atoms with Crippen LogP contribution in [0.3, 0.4) is 0 Å². The number of aliphatic hydroxyl groups is 2. The number of allylic oxidation sites excluding steroid dienone is 2. The molecule has 6 nitrogen and oxygen atoms in total. The number of fused-ring (bicyclic) bond motifs is 5. The Morgan fingerprint density at radius 3 is 2.24 bits per heavy atom. The molecule has 0 radical (unpaired) electrons. The molecule has 4 aliphatic carbocycles. The number of ether oxygens (including phenoxy) is 1. The Balaban J connectivity index is 1.83. The number of carbonyl (C=O) groups excluding carboxylic acids is 1. The molecule has 0 aromatic rings. The summed E-state index contributed by atoms with van der Waals surface area (Å²) in [6.07, 6.45) is 3.99. The van der Waals surface area contributed by atoms with Crippen molar-refractivity contribution >= 4 is 27.9 Å². The summed E-state index contributed by atoms with van der Waals surface area (Å²) in [4.78, 5) is 25.0. The summed E-state index contributed by atoms with van der Waals surface area (Å²) in [5.74, 6) is -0.977. The number of carbonyl (C=O) groups is 2. The van der Waals surface area contributed by atoms with Gasteiger partial charge in [0.2, 0.25) is 0 Å². The lowest BCUT2D eigenvalue weighted by molar-refractivity contribution is -0.234. The molecule has 7 heteroatoms. The van der Waals surface area contributed by atoms with Crippen LogP contribution in [-0.2, 0) is 14.3 Å². The van der Waals surface area contributed by atoms with Gasteiger partial charge in [-0.2, -0.15) is 0 Å². The van der Waals surface area contributed by atoms with E-state index in [2.05, 4.69) is 43.6 Å². The number of esters is 1. The summed E-state index contributed by atoms with van der Waals surface area (Å²) in [5, 5.41) is 33.0. The van der Waals surface area contributed by atoms with Gasteiger partial charge in [0.25, 0.3) is 0 Å². The number of carboxylic acid groups (broad SMARTS) is 1. The maximum absolute atomic E-state index is 12.7. The minimum Gasteiger partial charge on any atom is -0.478 e. The first-order chi connectivity index (χ1) is 17.6. The van der Waals surface area contributed by atoms with Gasteiger partial charge < -0.3 is 20.1 Å². The molecule has 0 saturated heterocycles. The van der Waals surface area contributed by atoms with Gasteiger partial charge in [0.15, 0.2) is 0 Å². The van der Waals surface area contributed by atoms with Crippen LogP contribution >= 0.6 is 15.9 Å². The summed E-state index contributed by atoms with van der Waals surface area (Å²) in [5.41, 5.74) is 1.45. The van der Waals surface area contributed by atoms with E-state index in [0.717, 1.165) is 35.7 Å². The summed E-state index contributed by atoms with van der Waals surface area (Å²) in [6.45, 7) is 14.4. The van der Waals surface area contributed by atoms with E-state index in [1.165, 1.54) is 6.92 Å². The summed E-state index contributed by atoms with van der Waals surface area (Å²) in [6, 6.07) is 0. The zero-order valence-electron chi connectivity index (χ0n) is 24.1. The van der Waals surface area contributed by atoms with Crippen molar-refractivity contribution in [1.82, 2.24) is 0 Å². The zero-order valence-corrected chi connectivity index (χ0v) is 25.7. The number of hydrogen-bond donors (Lipinski definition) is 3. The average molecular weight is 596 g/mol. The molecular weight excluding hydrogens is 548 g/mol. The highest BCUT2D eigenvalue weighted by Gasteiger charge is 2.70. The fraction of sp³-hybridized carbons (Fsp3) is 0.806. The number of hydrogen-bond acceptors (Lipinski definition) is 5. The SMILES string of the molecule is CC(=O)O[C@H]1C[C@@]2(C)[C@@H](C[C@@H](O)C3[C@]2(C)CC[C@H]2[C@H](C)[C@H](O)CC[C@]32C)/C1=C(\CCC(Br)=C(C)C)C(=O)O. The minimum absolute atomic E-state index is 0.0374. The molecule has 4 fully saturated rings. The van der Waals surface area contributed by atoms with Crippen molar-refractivity contribution < 1.29 is 29.6 Å². The van der Waals surface area contributed by atoms with Crippen LogP contribution in [0.1, 0.15) is 99.8 Å². The van der Waals surface area contributed by atoms with E-state index in [9.17, 15) is 24.9 Å². The lowest BCUT2D eigenvalue weighted by atomic mass is 9.36. The van der Waals surface area contributed by atoms with E-state index in [4.69, 9.17) is 4.74 Å². The zero-order chi connectivity index (χ0) is 28.4. The molecule has 4 rings (SSSR count). The van der Waals surface area contributed by atoms with E-state index in [0.29, 0.717) is 42.7 Å². The molecular formula is C31H47BrO6. The number of carboxylic acids is 1. The number of aliphatic carboxylic acids is 1. The highest BCUT2D eigenvalue weighted by Crippen LogP contribution is 2.74. The highest BCUT2D eigenvalue weighted by atomic mass is 79.9. The number of halogens is 1. The van der Waals surface area contributed by atoms with E-state index in [1.807, 2.05) is 13.8 Å². The third-order valence-electron chi connectivity index (χ3n) is 11.8. The highest BCUT2D eigenvalue weighted by molar-refractivity contribution is 9.11. The van der Waals surface area contributed by atoms with Crippen molar-refractivity contribution in [2.24, 2.45) is 39.9 Å². The van der Waals surface area contributed by atoms with Gasteiger partial charge in [0.05, 0.1) is 12.2 Å². The molecule has 4 saturated carbocycles. The summed E-state index contributed by atoms with van der Waals surface area (Å²) >= 11 is 3.60. The van der Waals surface area contributed by atoms with Crippen LogP contribution in [0.25, 0.3) is 0 Å². The van der Waals surface area contributed by atoms with Gasteiger partial charge in [-0.15, -0.1) is 0 Å². The van der Waals surface area contributed by atoms with Gasteiger partial charge in [-0.3, -0.25) is 4.79 Å². The molecule has 0 spiro atoms. The second-order valence-electron chi connectivity index (χ2n) is 13.7. The van der Waals surface area contributed by atoms with Crippen LogP contribution in [0, 0.1) is 39.9 Å². The Hall–Kier alpha value is -1.18. The predicted octanol–water partition coefficient (Wildman–Crippen LogP) is 6.39. The standard InChI is InChI=1S/C31H47BrO6/c1-16(2)22(32)9-8-19(28(36)37)26-21-14-24(35)27-29(5)12-11-23(34)17(3)20(29)10-13-30(27,6)31(21,7)15-25(26)38-18(4)33/h17,20-21,23-25,27,34-35H,8-15H2,1-7H3,(H,36,37)/b26-19-/t17-,20-,21-,23+,24+,25-,27?,29-,30-,31-/m0/s1. The molecule has 0 heterocycles. The smallest absolute Gasteiger partial charge is 0.331 e. The topological polar surface area (TPSA) is 104 Å². The molecule has 4 aliphatic rings. The third-order valence-corrected chi connectivity index (χ3v) is 12.9. The molecule has 10 atom stereocenters. The predicted molar refractivity (Wildman–Crippen MR) is 150 cm³/mol. The summed E-state index contributed by atoms with van der Waals surface area (Å²) in [7, 11) is 0. The van der Waals surface area contributed by atoms with E-state index >= 15 is 0 Å². The normalized spacial score (nSPS) is 45.4. The molecule has 1 unspecified atom stereocenters. The van der Waals surface area contributed by atoms with Crippen LogP contribution in [0.5, 0.6) is 0 Å². The van der Waals surface area contributed by atoms with E-state index < -0.39 is 24.1 Å². The average Bonchev–Trinajstić information content (AvgIpc) is 3.08. The molecule has 0 aromatic heterocycles. The van der Waals surface area contributed by atoms with Crippen LogP contribution < -0.4 is 0 Å². The van der Waals surface area contributed by atoms with Crippen LogP contribution in [0.4, 0.5) is 0 Å². The van der Waals surface area contributed by atoms with Crippen LogP contribution in [0.15, 0.2) is 21.2 Å². The number of rotatable bonds is 5. The molecule has 214 valence electrons. The minimum atomic E-state index is -0.969. The second kappa shape index (κ2) is 10.3. The Kier molecular flexibility index (Phi) is 8.10. The van der Waals surface area contributed by atoms with Crippen molar-refractivity contribution in [3.8, 4) is 0 Å². The van der Waals surface area contributed by atoms with Crippen LogP contribution in [-0.4, -0.2) is 45.6 Å².